The van der Waals surface area contributed by atoms with Crippen molar-refractivity contribution >= 4 is 52.2 Å². The summed E-state index contributed by atoms with van der Waals surface area (Å²) in [5, 5.41) is 24.0. The standard InChI is InChI=1S/C21H19ClN2O8/c1-6(25)24-16-9-3-7-2-8-4-11(26)15(20(23)31)19(30)21(8,32)18(29)13(7)17(28)14(9)12(27)5-10(16)22/h5,7-8,13,15,27,32H,2-4H2,1H3,(H2,23,31)(H,24,25)/t7-,8+,13?,15?,21+/m1/s1. The maximum atomic E-state index is 13.3. The molecular weight excluding hydrogens is 444 g/mol. The van der Waals surface area contributed by atoms with Crippen molar-refractivity contribution in [3.63, 3.8) is 0 Å². The van der Waals surface area contributed by atoms with Crippen molar-refractivity contribution in [3.8, 4) is 5.75 Å². The zero-order chi connectivity index (χ0) is 23.7. The molecule has 0 aromatic heterocycles. The molecule has 5 N–H and O–H groups in total. The first-order chi connectivity index (χ1) is 14.9. The van der Waals surface area contributed by atoms with Gasteiger partial charge in [-0.1, -0.05) is 11.6 Å². The Bertz CT molecular complexity index is 1150. The Labute approximate surface area is 186 Å². The van der Waals surface area contributed by atoms with Crippen LogP contribution >= 0.6 is 11.6 Å². The lowest BCUT2D eigenvalue weighted by atomic mass is 9.54. The summed E-state index contributed by atoms with van der Waals surface area (Å²) < 4.78 is 0. The summed E-state index contributed by atoms with van der Waals surface area (Å²) in [5.74, 6) is -11.6. The summed E-state index contributed by atoms with van der Waals surface area (Å²) in [4.78, 5) is 75.1. The summed E-state index contributed by atoms with van der Waals surface area (Å²) in [7, 11) is 0. The molecule has 5 atom stereocenters. The number of phenols is 1. The van der Waals surface area contributed by atoms with Crippen LogP contribution in [0.5, 0.6) is 5.75 Å². The van der Waals surface area contributed by atoms with Gasteiger partial charge in [0.15, 0.2) is 34.7 Å². The number of rotatable bonds is 2. The lowest BCUT2D eigenvalue weighted by Crippen LogP contribution is -2.68. The lowest BCUT2D eigenvalue weighted by Gasteiger charge is -2.48. The van der Waals surface area contributed by atoms with Gasteiger partial charge in [-0.25, -0.2) is 0 Å². The zero-order valence-corrected chi connectivity index (χ0v) is 17.6. The summed E-state index contributed by atoms with van der Waals surface area (Å²) in [6.07, 6.45) is -0.450. The van der Waals surface area contributed by atoms with Gasteiger partial charge in [-0.15, -0.1) is 0 Å². The van der Waals surface area contributed by atoms with Gasteiger partial charge in [-0.2, -0.15) is 0 Å². The molecule has 32 heavy (non-hydrogen) atoms. The molecule has 10 nitrogen and oxygen atoms in total. The number of nitrogens with two attached hydrogens (primary N) is 1. The molecule has 0 radical (unpaired) electrons. The molecule has 2 amide bonds. The number of phenolic OH excluding ortho intramolecular Hbond substituents is 1. The smallest absolute Gasteiger partial charge is 0.235 e. The Balaban J connectivity index is 1.83. The fraction of sp³-hybridized carbons (Fsp3) is 0.429. The Hall–Kier alpha value is -3.11. The average molecular weight is 463 g/mol. The van der Waals surface area contributed by atoms with Gasteiger partial charge in [0.05, 0.1) is 22.2 Å². The summed E-state index contributed by atoms with van der Waals surface area (Å²) in [5.41, 5.74) is 2.55. The van der Waals surface area contributed by atoms with Gasteiger partial charge in [0.25, 0.3) is 0 Å². The number of hydrogen-bond donors (Lipinski definition) is 4. The highest BCUT2D eigenvalue weighted by Gasteiger charge is 2.66. The first-order valence-corrected chi connectivity index (χ1v) is 10.3. The summed E-state index contributed by atoms with van der Waals surface area (Å²) >= 11 is 6.15. The number of amides is 2. The van der Waals surface area contributed by atoms with Crippen molar-refractivity contribution in [2.75, 3.05) is 5.32 Å². The molecule has 0 saturated heterocycles. The van der Waals surface area contributed by atoms with Crippen LogP contribution in [-0.2, 0) is 30.4 Å². The molecule has 3 aliphatic carbocycles. The zero-order valence-electron chi connectivity index (χ0n) is 16.8. The highest BCUT2D eigenvalue weighted by molar-refractivity contribution is 6.35. The predicted molar refractivity (Wildman–Crippen MR) is 108 cm³/mol. The number of carbonyl (C=O) groups excluding carboxylic acids is 6. The van der Waals surface area contributed by atoms with E-state index >= 15 is 0 Å². The second-order valence-corrected chi connectivity index (χ2v) is 8.93. The minimum absolute atomic E-state index is 0.00587. The topological polar surface area (TPSA) is 181 Å². The molecule has 0 aliphatic heterocycles. The number of aromatic hydroxyl groups is 1. The van der Waals surface area contributed by atoms with Gasteiger partial charge in [-0.05, 0) is 24.3 Å². The fourth-order valence-corrected chi connectivity index (χ4v) is 5.59. The Morgan fingerprint density at radius 3 is 2.44 bits per heavy atom. The number of anilines is 1. The van der Waals surface area contributed by atoms with Crippen LogP contribution in [0.2, 0.25) is 5.02 Å². The SMILES string of the molecule is CC(=O)Nc1c(Cl)cc(O)c2c1C[C@H]1C[C@H]3CC(=O)C(C(N)=O)C(=O)[C@@]3(O)C(=O)C1C2=O. The van der Waals surface area contributed by atoms with Gasteiger partial charge in [0, 0.05) is 25.3 Å². The Morgan fingerprint density at radius 1 is 1.19 bits per heavy atom. The first kappa shape index (κ1) is 22.1. The fourth-order valence-electron chi connectivity index (χ4n) is 5.32. The molecule has 168 valence electrons. The third-order valence-corrected chi connectivity index (χ3v) is 6.96. The number of benzene rings is 1. The average Bonchev–Trinajstić information content (AvgIpc) is 2.67. The van der Waals surface area contributed by atoms with Gasteiger partial charge >= 0.3 is 0 Å². The van der Waals surface area contributed by atoms with E-state index in [4.69, 9.17) is 17.3 Å². The molecule has 0 spiro atoms. The molecular formula is C21H19ClN2O8. The quantitative estimate of drug-likeness (QED) is 0.348. The Morgan fingerprint density at radius 2 is 1.84 bits per heavy atom. The highest BCUT2D eigenvalue weighted by atomic mass is 35.5. The van der Waals surface area contributed by atoms with Crippen LogP contribution in [-0.4, -0.2) is 50.8 Å². The van der Waals surface area contributed by atoms with Crippen LogP contribution in [0.15, 0.2) is 6.07 Å². The molecule has 3 aliphatic rings. The molecule has 2 fully saturated rings. The molecule has 1 aromatic carbocycles. The third-order valence-electron chi connectivity index (χ3n) is 6.66. The van der Waals surface area contributed by atoms with Crippen molar-refractivity contribution in [3.05, 3.63) is 22.2 Å². The van der Waals surface area contributed by atoms with Crippen LogP contribution in [0.25, 0.3) is 0 Å². The van der Waals surface area contributed by atoms with Crippen molar-refractivity contribution in [1.29, 1.82) is 0 Å². The van der Waals surface area contributed by atoms with Crippen LogP contribution < -0.4 is 11.1 Å². The van der Waals surface area contributed by atoms with Gasteiger partial charge in [-0.3, -0.25) is 28.8 Å². The maximum absolute atomic E-state index is 13.3. The van der Waals surface area contributed by atoms with E-state index in [1.54, 1.807) is 0 Å². The minimum Gasteiger partial charge on any atom is -0.507 e. The van der Waals surface area contributed by atoms with E-state index in [1.807, 2.05) is 0 Å². The van der Waals surface area contributed by atoms with Crippen LogP contribution in [0, 0.1) is 23.7 Å². The van der Waals surface area contributed by atoms with E-state index in [0.717, 1.165) is 6.07 Å². The number of aliphatic hydroxyl groups is 1. The van der Waals surface area contributed by atoms with Crippen LogP contribution in [0.3, 0.4) is 0 Å². The van der Waals surface area contributed by atoms with Gasteiger partial charge in [0.2, 0.25) is 11.8 Å². The molecule has 11 heteroatoms. The molecule has 0 bridgehead atoms. The number of primary amides is 1. The van der Waals surface area contributed by atoms with E-state index in [-0.39, 0.29) is 34.7 Å². The van der Waals surface area contributed by atoms with Crippen molar-refractivity contribution < 1.29 is 39.0 Å². The number of hydrogen-bond acceptors (Lipinski definition) is 8. The summed E-state index contributed by atoms with van der Waals surface area (Å²) in [6, 6.07) is 1.06. The van der Waals surface area contributed by atoms with Crippen LogP contribution in [0.1, 0.15) is 35.7 Å². The molecule has 2 unspecified atom stereocenters. The number of fused-ring (bicyclic) bond motifs is 3. The monoisotopic (exact) mass is 462 g/mol. The Kier molecular flexibility index (Phi) is 4.98. The minimum atomic E-state index is -2.70. The number of ketones is 4. The maximum Gasteiger partial charge on any atom is 0.235 e. The first-order valence-electron chi connectivity index (χ1n) is 9.88. The van der Waals surface area contributed by atoms with Crippen LogP contribution in [0.4, 0.5) is 5.69 Å². The van der Waals surface area contributed by atoms with Gasteiger partial charge in [0.1, 0.15) is 5.75 Å². The van der Waals surface area contributed by atoms with E-state index in [1.165, 1.54) is 6.92 Å². The number of Topliss-reactive ketones (excluding diaryl/α,β-unsaturated/α-hetero) is 4. The van der Waals surface area contributed by atoms with Crippen molar-refractivity contribution in [2.24, 2.45) is 29.4 Å². The van der Waals surface area contributed by atoms with Crippen molar-refractivity contribution in [2.45, 2.75) is 31.8 Å². The summed E-state index contributed by atoms with van der Waals surface area (Å²) in [6.45, 7) is 1.24. The van der Waals surface area contributed by atoms with Gasteiger partial charge < -0.3 is 21.3 Å². The molecule has 2 saturated carbocycles. The normalized spacial score (nSPS) is 31.5. The van der Waals surface area contributed by atoms with E-state index in [2.05, 4.69) is 5.32 Å². The number of nitrogens with one attached hydrogen (secondary N) is 1. The molecule has 4 rings (SSSR count). The third kappa shape index (κ3) is 2.90. The molecule has 1 aromatic rings. The van der Waals surface area contributed by atoms with E-state index in [9.17, 15) is 39.0 Å². The van der Waals surface area contributed by atoms with Crippen molar-refractivity contribution in [1.82, 2.24) is 0 Å². The molecule has 0 heterocycles. The number of halogens is 1. The lowest BCUT2D eigenvalue weighted by molar-refractivity contribution is -0.175. The van der Waals surface area contributed by atoms with E-state index in [0.29, 0.717) is 0 Å². The second kappa shape index (κ2) is 7.21. The number of carbonyl (C=O) groups is 6. The highest BCUT2D eigenvalue weighted by Crippen LogP contribution is 2.51. The van der Waals surface area contributed by atoms with E-state index < -0.39 is 76.4 Å². The predicted octanol–water partition coefficient (Wildman–Crippen LogP) is -0.0613. The largest absolute Gasteiger partial charge is 0.507 e. The second-order valence-electron chi connectivity index (χ2n) is 8.53.